The molecule has 0 aliphatic carbocycles. The second-order valence-corrected chi connectivity index (χ2v) is 15.7. The topological polar surface area (TPSA) is 324 Å². The molecule has 2 N–H and O–H groups in total. The number of hydrazone groups is 2. The van der Waals surface area contributed by atoms with Gasteiger partial charge >= 0.3 is 47.6 Å². The lowest BCUT2D eigenvalue weighted by Crippen LogP contribution is -2.31. The smallest absolute Gasteiger partial charge is 0.309 e. The third kappa shape index (κ3) is 32.8. The van der Waals surface area contributed by atoms with Crippen molar-refractivity contribution in [2.75, 3.05) is 54.1 Å². The highest BCUT2D eigenvalue weighted by atomic mass is 16.6. The molecular formula is C46H70N8O16. The highest BCUT2D eigenvalue weighted by Crippen LogP contribution is 2.08. The van der Waals surface area contributed by atoms with E-state index < -0.39 is 91.2 Å². The van der Waals surface area contributed by atoms with Gasteiger partial charge in [-0.1, -0.05) is 6.92 Å². The van der Waals surface area contributed by atoms with Crippen LogP contribution in [0.2, 0.25) is 0 Å². The first-order chi connectivity index (χ1) is 33.1. The summed E-state index contributed by atoms with van der Waals surface area (Å²) in [5.41, 5.74) is 7.35. The summed E-state index contributed by atoms with van der Waals surface area (Å²) in [7, 11) is 4.78. The standard InChI is InChI=1S/C46H70N8O16/c1-11-37(55)45(63)53-51-33(6)16-20-41(59)67-27-36(70-44(62)23-14-31(4)49-10)28-68-42(60)21-17-34(7)52-54-46(64)38(56)24-50-32(5)15-19-40(58)66-26-35(69-43(61)22-13-30(3)48-9)25-65-39(57)18-12-29(2)47-8/h35-36H,11-28H2,1-10H3,(H,53,63)(H,54,64)/b47-29?,48-30?,49-31?,50-32?,51-33+,52-34+. The lowest BCUT2D eigenvalue weighted by atomic mass is 10.2. The van der Waals surface area contributed by atoms with Gasteiger partial charge in [0.15, 0.2) is 12.2 Å². The number of esters is 6. The normalized spacial score (nSPS) is 13.3. The molecule has 2 unspecified atom stereocenters. The Labute approximate surface area is 408 Å². The van der Waals surface area contributed by atoms with Crippen molar-refractivity contribution in [3.63, 3.8) is 0 Å². The zero-order valence-corrected chi connectivity index (χ0v) is 42.1. The molecule has 0 bridgehead atoms. The lowest BCUT2D eigenvalue weighted by Gasteiger charge is -2.18. The summed E-state index contributed by atoms with van der Waals surface area (Å²) in [6, 6.07) is 0. The van der Waals surface area contributed by atoms with Crippen molar-refractivity contribution in [3.05, 3.63) is 0 Å². The SMILES string of the molecule is CCC(=O)C(=O)N/N=C(\C)CCC(=O)OCC(COC(=O)CC/C(C)=N/NC(=O)C(=O)CN=C(C)CCC(=O)OCC(COC(=O)CCC(C)=NC)OC(=O)CCC(C)=NC)OC(=O)CCC(C)=NC. The molecule has 0 heterocycles. The van der Waals surface area contributed by atoms with E-state index in [2.05, 4.69) is 41.0 Å². The van der Waals surface area contributed by atoms with E-state index in [0.717, 1.165) is 11.4 Å². The van der Waals surface area contributed by atoms with Crippen LogP contribution in [-0.4, -0.2) is 160 Å². The Morgan fingerprint density at radius 1 is 0.386 bits per heavy atom. The van der Waals surface area contributed by atoms with E-state index in [1.54, 1.807) is 48.8 Å². The summed E-state index contributed by atoms with van der Waals surface area (Å²) in [6.45, 7) is 9.19. The second kappa shape index (κ2) is 37.1. The fraction of sp³-hybridized carbons (Fsp3) is 0.652. The fourth-order valence-electron chi connectivity index (χ4n) is 4.83. The monoisotopic (exact) mass is 990 g/mol. The minimum Gasteiger partial charge on any atom is -0.462 e. The Balaban J connectivity index is 5.08. The first kappa shape index (κ1) is 63.1. The molecule has 0 radical (unpaired) electrons. The van der Waals surface area contributed by atoms with Crippen LogP contribution >= 0.6 is 0 Å². The van der Waals surface area contributed by atoms with Crippen molar-refractivity contribution >= 4 is 93.5 Å². The summed E-state index contributed by atoms with van der Waals surface area (Å²) in [5, 5.41) is 7.61. The van der Waals surface area contributed by atoms with Crippen LogP contribution in [0, 0.1) is 0 Å². The average Bonchev–Trinajstić information content (AvgIpc) is 3.35. The molecule has 70 heavy (non-hydrogen) atoms. The Morgan fingerprint density at radius 2 is 0.671 bits per heavy atom. The third-order valence-electron chi connectivity index (χ3n) is 9.62. The Hall–Kier alpha value is -6.88. The summed E-state index contributed by atoms with van der Waals surface area (Å²) in [4.78, 5) is 139. The van der Waals surface area contributed by atoms with Gasteiger partial charge in [0.05, 0.1) is 38.5 Å². The maximum absolute atomic E-state index is 12.6. The lowest BCUT2D eigenvalue weighted by molar-refractivity contribution is -0.166. The summed E-state index contributed by atoms with van der Waals surface area (Å²) in [6.07, 6.45) is -1.49. The zero-order chi connectivity index (χ0) is 53.0. The van der Waals surface area contributed by atoms with Crippen LogP contribution in [0.5, 0.6) is 0 Å². The summed E-state index contributed by atoms with van der Waals surface area (Å²) < 4.78 is 31.8. The highest BCUT2D eigenvalue weighted by molar-refractivity contribution is 6.37. The third-order valence-corrected chi connectivity index (χ3v) is 9.62. The largest absolute Gasteiger partial charge is 0.462 e. The molecule has 0 spiro atoms. The number of amides is 2. The van der Waals surface area contributed by atoms with Gasteiger partial charge in [-0.15, -0.1) is 0 Å². The number of ether oxygens (including phenoxy) is 6. The number of Topliss-reactive ketones (excluding diaryl/α,β-unsaturated/α-hetero) is 2. The van der Waals surface area contributed by atoms with E-state index in [0.29, 0.717) is 36.4 Å². The van der Waals surface area contributed by atoms with Crippen molar-refractivity contribution in [2.45, 2.75) is 144 Å². The molecule has 0 aliphatic heterocycles. The van der Waals surface area contributed by atoms with Crippen LogP contribution in [0.3, 0.4) is 0 Å². The minimum absolute atomic E-state index is 0.000489. The van der Waals surface area contributed by atoms with Gasteiger partial charge in [-0.2, -0.15) is 10.2 Å². The second-order valence-electron chi connectivity index (χ2n) is 15.7. The Kier molecular flexibility index (Phi) is 33.4. The quantitative estimate of drug-likeness (QED) is 0.0303. The van der Waals surface area contributed by atoms with Gasteiger partial charge in [-0.25, -0.2) is 10.9 Å². The first-order valence-corrected chi connectivity index (χ1v) is 22.6. The number of carbonyl (C=O) groups is 10. The number of ketones is 2. The fourth-order valence-corrected chi connectivity index (χ4v) is 4.83. The van der Waals surface area contributed by atoms with E-state index in [9.17, 15) is 47.9 Å². The molecule has 0 aromatic carbocycles. The molecule has 390 valence electrons. The van der Waals surface area contributed by atoms with Crippen LogP contribution in [0.1, 0.15) is 132 Å². The van der Waals surface area contributed by atoms with E-state index in [-0.39, 0.29) is 83.1 Å². The predicted molar refractivity (Wildman–Crippen MR) is 257 cm³/mol. The van der Waals surface area contributed by atoms with Crippen LogP contribution < -0.4 is 10.9 Å². The number of nitrogens with zero attached hydrogens (tertiary/aromatic N) is 6. The molecule has 0 aromatic heterocycles. The number of aliphatic imine (C=N–C) groups is 4. The molecule has 24 nitrogen and oxygen atoms in total. The maximum Gasteiger partial charge on any atom is 0.309 e. The summed E-state index contributed by atoms with van der Waals surface area (Å²) >= 11 is 0. The molecular weight excluding hydrogens is 921 g/mol. The van der Waals surface area contributed by atoms with Crippen molar-refractivity contribution < 1.29 is 76.4 Å². The molecule has 0 aromatic rings. The molecule has 0 aliphatic rings. The molecule has 24 heteroatoms. The highest BCUT2D eigenvalue weighted by Gasteiger charge is 2.22. The van der Waals surface area contributed by atoms with E-state index in [1.165, 1.54) is 20.8 Å². The van der Waals surface area contributed by atoms with Crippen molar-refractivity contribution in [3.8, 4) is 0 Å². The predicted octanol–water partition coefficient (Wildman–Crippen LogP) is 2.93. The average molecular weight is 991 g/mol. The van der Waals surface area contributed by atoms with Crippen molar-refractivity contribution in [1.29, 1.82) is 0 Å². The minimum atomic E-state index is -1.16. The van der Waals surface area contributed by atoms with Gasteiger partial charge < -0.3 is 28.4 Å². The molecule has 0 saturated carbocycles. The number of carbonyl (C=O) groups excluding carboxylic acids is 10. The van der Waals surface area contributed by atoms with E-state index in [1.807, 2.05) is 0 Å². The number of hydrogen-bond acceptors (Lipinski definition) is 22. The Bertz CT molecular complexity index is 2010. The molecule has 2 amide bonds. The van der Waals surface area contributed by atoms with Crippen molar-refractivity contribution in [2.24, 2.45) is 30.2 Å². The molecule has 0 saturated heterocycles. The van der Waals surface area contributed by atoms with Gasteiger partial charge in [0, 0.05) is 61.8 Å². The van der Waals surface area contributed by atoms with Gasteiger partial charge in [0.2, 0.25) is 11.6 Å². The number of nitrogens with one attached hydrogen (secondary N) is 2. The van der Waals surface area contributed by atoms with Crippen LogP contribution in [0.4, 0.5) is 0 Å². The van der Waals surface area contributed by atoms with E-state index >= 15 is 0 Å². The molecule has 0 fully saturated rings. The first-order valence-electron chi connectivity index (χ1n) is 22.6. The summed E-state index contributed by atoms with van der Waals surface area (Å²) in [5.74, 6) is -7.45. The molecule has 0 rings (SSSR count). The molecule has 2 atom stereocenters. The zero-order valence-electron chi connectivity index (χ0n) is 42.1. The van der Waals surface area contributed by atoms with Crippen LogP contribution in [0.25, 0.3) is 0 Å². The van der Waals surface area contributed by atoms with Gasteiger partial charge in [0.25, 0.3) is 0 Å². The van der Waals surface area contributed by atoms with Gasteiger partial charge in [0.1, 0.15) is 33.0 Å². The van der Waals surface area contributed by atoms with Crippen LogP contribution in [-0.2, 0) is 76.4 Å². The number of rotatable bonds is 35. The maximum atomic E-state index is 12.6. The van der Waals surface area contributed by atoms with Crippen LogP contribution in [0.15, 0.2) is 30.2 Å². The Morgan fingerprint density at radius 3 is 0.986 bits per heavy atom. The van der Waals surface area contributed by atoms with E-state index in [4.69, 9.17) is 28.4 Å². The van der Waals surface area contributed by atoms with Crippen molar-refractivity contribution in [1.82, 2.24) is 10.9 Å². The van der Waals surface area contributed by atoms with Gasteiger partial charge in [-0.3, -0.25) is 67.9 Å². The number of hydrogen-bond donors (Lipinski definition) is 2. The van der Waals surface area contributed by atoms with Gasteiger partial charge in [-0.05, 0) is 80.1 Å².